The molecule has 1 aromatic carbocycles. The summed E-state index contributed by atoms with van der Waals surface area (Å²) in [6.07, 6.45) is 2.42. The van der Waals surface area contributed by atoms with Gasteiger partial charge in [0.25, 0.3) is 0 Å². The maximum Gasteiger partial charge on any atom is 0.238 e. The molecule has 1 aliphatic heterocycles. The SMILES string of the molecule is CNCC1CCCN(CC(=O)Nc2ccc(OC)cc2)C1.Cl. The number of amides is 1. The van der Waals surface area contributed by atoms with Crippen LogP contribution < -0.4 is 15.4 Å². The molecule has 0 spiro atoms. The Balaban J connectivity index is 0.00000242. The Morgan fingerprint density at radius 3 is 2.73 bits per heavy atom. The van der Waals surface area contributed by atoms with Crippen molar-refractivity contribution >= 4 is 24.0 Å². The molecule has 5 nitrogen and oxygen atoms in total. The highest BCUT2D eigenvalue weighted by Gasteiger charge is 2.20. The minimum Gasteiger partial charge on any atom is -0.497 e. The molecule has 1 amide bonds. The number of nitrogens with zero attached hydrogens (tertiary/aromatic N) is 1. The summed E-state index contributed by atoms with van der Waals surface area (Å²) in [5.74, 6) is 1.49. The molecular weight excluding hydrogens is 302 g/mol. The zero-order chi connectivity index (χ0) is 15.1. The van der Waals surface area contributed by atoms with Crippen LogP contribution in [0.15, 0.2) is 24.3 Å². The number of piperidine rings is 1. The van der Waals surface area contributed by atoms with Crippen LogP contribution in [0.3, 0.4) is 0 Å². The summed E-state index contributed by atoms with van der Waals surface area (Å²) in [4.78, 5) is 14.3. The van der Waals surface area contributed by atoms with Crippen molar-refractivity contribution in [3.8, 4) is 5.75 Å². The number of likely N-dealkylation sites (tertiary alicyclic amines) is 1. The van der Waals surface area contributed by atoms with Crippen molar-refractivity contribution in [2.24, 2.45) is 5.92 Å². The second-order valence-corrected chi connectivity index (χ2v) is 5.58. The van der Waals surface area contributed by atoms with Gasteiger partial charge in [-0.1, -0.05) is 0 Å². The van der Waals surface area contributed by atoms with Crippen molar-refractivity contribution in [2.45, 2.75) is 12.8 Å². The molecule has 1 saturated heterocycles. The summed E-state index contributed by atoms with van der Waals surface area (Å²) >= 11 is 0. The number of hydrogen-bond acceptors (Lipinski definition) is 4. The first-order valence-corrected chi connectivity index (χ1v) is 7.52. The van der Waals surface area contributed by atoms with Crippen LogP contribution in [-0.4, -0.2) is 51.1 Å². The molecule has 124 valence electrons. The van der Waals surface area contributed by atoms with E-state index in [1.54, 1.807) is 7.11 Å². The predicted octanol–water partition coefficient (Wildman–Crippen LogP) is 1.99. The number of methoxy groups -OCH3 is 1. The van der Waals surface area contributed by atoms with E-state index < -0.39 is 0 Å². The van der Waals surface area contributed by atoms with Gasteiger partial charge in [0.05, 0.1) is 13.7 Å². The standard InChI is InChI=1S/C16H25N3O2.ClH/c1-17-10-13-4-3-9-19(11-13)12-16(20)18-14-5-7-15(21-2)8-6-14;/h5-8,13,17H,3-4,9-12H2,1-2H3,(H,18,20);1H. The van der Waals surface area contributed by atoms with E-state index in [4.69, 9.17) is 4.74 Å². The number of hydrogen-bond donors (Lipinski definition) is 2. The van der Waals surface area contributed by atoms with E-state index in [0.717, 1.165) is 31.1 Å². The van der Waals surface area contributed by atoms with Crippen molar-refractivity contribution in [1.82, 2.24) is 10.2 Å². The summed E-state index contributed by atoms with van der Waals surface area (Å²) < 4.78 is 5.10. The summed E-state index contributed by atoms with van der Waals surface area (Å²) in [6, 6.07) is 7.41. The zero-order valence-electron chi connectivity index (χ0n) is 13.3. The first-order chi connectivity index (χ1) is 10.2. The number of anilines is 1. The van der Waals surface area contributed by atoms with Gasteiger partial charge >= 0.3 is 0 Å². The van der Waals surface area contributed by atoms with Crippen LogP contribution in [0.1, 0.15) is 12.8 Å². The van der Waals surface area contributed by atoms with Crippen molar-refractivity contribution in [3.05, 3.63) is 24.3 Å². The van der Waals surface area contributed by atoms with Gasteiger partial charge in [0.1, 0.15) is 5.75 Å². The van der Waals surface area contributed by atoms with Gasteiger partial charge in [-0.15, -0.1) is 12.4 Å². The lowest BCUT2D eigenvalue weighted by Gasteiger charge is -2.32. The normalized spacial score (nSPS) is 18.4. The number of benzene rings is 1. The summed E-state index contributed by atoms with van der Waals surface area (Å²) in [5.41, 5.74) is 0.810. The van der Waals surface area contributed by atoms with E-state index in [-0.39, 0.29) is 18.3 Å². The molecule has 1 unspecified atom stereocenters. The van der Waals surface area contributed by atoms with Gasteiger partial charge in [-0.05, 0) is 63.2 Å². The molecule has 0 aromatic heterocycles. The third kappa shape index (κ3) is 5.83. The number of rotatable bonds is 6. The topological polar surface area (TPSA) is 53.6 Å². The predicted molar refractivity (Wildman–Crippen MR) is 92.0 cm³/mol. The maximum absolute atomic E-state index is 12.1. The lowest BCUT2D eigenvalue weighted by atomic mass is 9.98. The smallest absolute Gasteiger partial charge is 0.238 e. The second kappa shape index (κ2) is 9.66. The van der Waals surface area contributed by atoms with E-state index >= 15 is 0 Å². The van der Waals surface area contributed by atoms with Gasteiger partial charge in [-0.25, -0.2) is 0 Å². The highest BCUT2D eigenvalue weighted by molar-refractivity contribution is 5.92. The molecule has 22 heavy (non-hydrogen) atoms. The summed E-state index contributed by atoms with van der Waals surface area (Å²) in [6.45, 7) is 3.50. The number of nitrogens with one attached hydrogen (secondary N) is 2. The third-order valence-corrected chi connectivity index (χ3v) is 3.84. The number of halogens is 1. The Labute approximate surface area is 138 Å². The highest BCUT2D eigenvalue weighted by Crippen LogP contribution is 2.17. The monoisotopic (exact) mass is 327 g/mol. The molecule has 1 fully saturated rings. The van der Waals surface area contributed by atoms with E-state index in [1.165, 1.54) is 12.8 Å². The molecule has 2 rings (SSSR count). The average molecular weight is 328 g/mol. The van der Waals surface area contributed by atoms with Gasteiger partial charge in [0.2, 0.25) is 5.91 Å². The average Bonchev–Trinajstić information content (AvgIpc) is 2.48. The largest absolute Gasteiger partial charge is 0.497 e. The fourth-order valence-electron chi connectivity index (χ4n) is 2.83. The van der Waals surface area contributed by atoms with Crippen LogP contribution >= 0.6 is 12.4 Å². The minimum absolute atomic E-state index is 0. The quantitative estimate of drug-likeness (QED) is 0.839. The van der Waals surface area contributed by atoms with Crippen LogP contribution in [0.4, 0.5) is 5.69 Å². The Kier molecular flexibility index (Phi) is 8.24. The van der Waals surface area contributed by atoms with Crippen LogP contribution in [0.2, 0.25) is 0 Å². The maximum atomic E-state index is 12.1. The molecular formula is C16H26ClN3O2. The van der Waals surface area contributed by atoms with Gasteiger partial charge < -0.3 is 15.4 Å². The number of carbonyl (C=O) groups excluding carboxylic acids is 1. The van der Waals surface area contributed by atoms with Crippen LogP contribution in [0.25, 0.3) is 0 Å². The van der Waals surface area contributed by atoms with Crippen molar-refractivity contribution in [1.29, 1.82) is 0 Å². The van der Waals surface area contributed by atoms with Crippen molar-refractivity contribution < 1.29 is 9.53 Å². The van der Waals surface area contributed by atoms with Crippen LogP contribution in [0, 0.1) is 5.92 Å². The first kappa shape index (κ1) is 18.7. The minimum atomic E-state index is 0. The van der Waals surface area contributed by atoms with E-state index in [2.05, 4.69) is 15.5 Å². The van der Waals surface area contributed by atoms with Gasteiger partial charge in [0.15, 0.2) is 0 Å². The lowest BCUT2D eigenvalue weighted by Crippen LogP contribution is -2.42. The Hall–Kier alpha value is -1.30. The second-order valence-electron chi connectivity index (χ2n) is 5.58. The van der Waals surface area contributed by atoms with Gasteiger partial charge in [0, 0.05) is 12.2 Å². The Morgan fingerprint density at radius 2 is 2.09 bits per heavy atom. The molecule has 1 aromatic rings. The molecule has 0 radical (unpaired) electrons. The van der Waals surface area contributed by atoms with Crippen molar-refractivity contribution in [3.63, 3.8) is 0 Å². The lowest BCUT2D eigenvalue weighted by molar-refractivity contribution is -0.117. The fourth-order valence-corrected chi connectivity index (χ4v) is 2.83. The summed E-state index contributed by atoms with van der Waals surface area (Å²) in [7, 11) is 3.61. The molecule has 2 N–H and O–H groups in total. The third-order valence-electron chi connectivity index (χ3n) is 3.84. The number of ether oxygens (including phenoxy) is 1. The van der Waals surface area contributed by atoms with E-state index in [1.807, 2.05) is 31.3 Å². The number of carbonyl (C=O) groups is 1. The van der Waals surface area contributed by atoms with Gasteiger partial charge in [-0.3, -0.25) is 9.69 Å². The van der Waals surface area contributed by atoms with Crippen LogP contribution in [-0.2, 0) is 4.79 Å². The van der Waals surface area contributed by atoms with E-state index in [9.17, 15) is 4.79 Å². The first-order valence-electron chi connectivity index (χ1n) is 7.52. The Bertz CT molecular complexity index is 451. The fraction of sp³-hybridized carbons (Fsp3) is 0.562. The van der Waals surface area contributed by atoms with Gasteiger partial charge in [-0.2, -0.15) is 0 Å². The molecule has 6 heteroatoms. The van der Waals surface area contributed by atoms with Crippen molar-refractivity contribution in [2.75, 3.05) is 45.7 Å². The molecule has 1 heterocycles. The molecule has 1 atom stereocenters. The Morgan fingerprint density at radius 1 is 1.36 bits per heavy atom. The van der Waals surface area contributed by atoms with Crippen LogP contribution in [0.5, 0.6) is 5.75 Å². The van der Waals surface area contributed by atoms with E-state index in [0.29, 0.717) is 12.5 Å². The molecule has 1 aliphatic rings. The highest BCUT2D eigenvalue weighted by atomic mass is 35.5. The molecule has 0 aliphatic carbocycles. The molecule has 0 saturated carbocycles. The molecule has 0 bridgehead atoms. The summed E-state index contributed by atoms with van der Waals surface area (Å²) in [5, 5.41) is 6.16. The zero-order valence-corrected chi connectivity index (χ0v) is 14.1.